The fraction of sp³-hybridized carbons (Fsp3) is 0.250. The van der Waals surface area contributed by atoms with Crippen LogP contribution in [-0.2, 0) is 13.0 Å². The molecule has 7 heteroatoms. The maximum absolute atomic E-state index is 5.44. The van der Waals surface area contributed by atoms with E-state index in [9.17, 15) is 0 Å². The van der Waals surface area contributed by atoms with Crippen LogP contribution < -0.4 is 5.32 Å². The maximum Gasteiger partial charge on any atom is 0.178 e. The van der Waals surface area contributed by atoms with Gasteiger partial charge in [0.1, 0.15) is 12.1 Å². The topological polar surface area (TPSA) is 58.5 Å². The molecule has 0 fully saturated rings. The highest BCUT2D eigenvalue weighted by Gasteiger charge is 2.22. The van der Waals surface area contributed by atoms with Crippen molar-refractivity contribution < 1.29 is 0 Å². The second-order valence-corrected chi connectivity index (χ2v) is 7.10. The first kappa shape index (κ1) is 17.9. The number of nitrogens with zero attached hydrogens (tertiary/aromatic N) is 3. The van der Waals surface area contributed by atoms with E-state index in [1.807, 2.05) is 0 Å². The first-order valence-electron chi connectivity index (χ1n) is 8.96. The van der Waals surface area contributed by atoms with Crippen molar-refractivity contribution in [3.63, 3.8) is 0 Å². The van der Waals surface area contributed by atoms with Crippen molar-refractivity contribution >= 4 is 52.4 Å². The summed E-state index contributed by atoms with van der Waals surface area (Å²) in [5.41, 5.74) is 5.83. The van der Waals surface area contributed by atoms with Gasteiger partial charge >= 0.3 is 0 Å². The number of H-pyrrole nitrogens is 1. The molecule has 138 valence electrons. The molecule has 0 aliphatic heterocycles. The number of benzene rings is 2. The van der Waals surface area contributed by atoms with E-state index in [2.05, 4.69) is 68.2 Å². The Labute approximate surface area is 168 Å². The molecule has 0 amide bonds. The first-order valence-corrected chi connectivity index (χ1v) is 9.37. The smallest absolute Gasteiger partial charge is 0.178 e. The van der Waals surface area contributed by atoms with Crippen molar-refractivity contribution in [2.45, 2.75) is 32.4 Å². The molecule has 2 aromatic carbocycles. The van der Waals surface area contributed by atoms with E-state index in [0.717, 1.165) is 51.9 Å². The third kappa shape index (κ3) is 2.89. The van der Waals surface area contributed by atoms with Gasteiger partial charge in [0.25, 0.3) is 0 Å². The standard InChI is InChI=1S/C20H19N5S.ClH/c1-2-25-18-10-16-14(9-17(18)24-20(25)26)19(22-11-21-16)23-15-8-7-12-5-3-4-6-13(12)15;/h3-6,9-11,15H,2,7-8H2,1H3,(H,24,26)(H,21,22,23);1H. The fourth-order valence-corrected chi connectivity index (χ4v) is 4.35. The van der Waals surface area contributed by atoms with Gasteiger partial charge in [-0.2, -0.15) is 0 Å². The Bertz CT molecular complexity index is 1200. The van der Waals surface area contributed by atoms with Crippen molar-refractivity contribution in [2.24, 2.45) is 0 Å². The third-order valence-corrected chi connectivity index (χ3v) is 5.61. The number of nitrogens with one attached hydrogen (secondary N) is 2. The highest BCUT2D eigenvalue weighted by Crippen LogP contribution is 2.35. The van der Waals surface area contributed by atoms with Crippen LogP contribution in [0.2, 0.25) is 0 Å². The molecule has 27 heavy (non-hydrogen) atoms. The molecule has 2 N–H and O–H groups in total. The molecular formula is C20H20ClN5S. The van der Waals surface area contributed by atoms with Crippen LogP contribution in [0.25, 0.3) is 21.9 Å². The lowest BCUT2D eigenvalue weighted by Crippen LogP contribution is -2.09. The van der Waals surface area contributed by atoms with Crippen molar-refractivity contribution in [3.8, 4) is 0 Å². The second kappa shape index (κ2) is 6.94. The molecule has 0 bridgehead atoms. The number of aromatic nitrogens is 4. The molecule has 0 saturated carbocycles. The van der Waals surface area contributed by atoms with E-state index >= 15 is 0 Å². The zero-order valence-corrected chi connectivity index (χ0v) is 16.5. The zero-order valence-electron chi connectivity index (χ0n) is 14.9. The predicted octanol–water partition coefficient (Wildman–Crippen LogP) is 5.18. The zero-order chi connectivity index (χ0) is 17.7. The molecule has 5 nitrogen and oxygen atoms in total. The summed E-state index contributed by atoms with van der Waals surface area (Å²) in [6.45, 7) is 2.93. The lowest BCUT2D eigenvalue weighted by Gasteiger charge is -2.16. The van der Waals surface area contributed by atoms with Gasteiger partial charge in [0, 0.05) is 11.9 Å². The largest absolute Gasteiger partial charge is 0.363 e. The van der Waals surface area contributed by atoms with E-state index in [-0.39, 0.29) is 12.4 Å². The van der Waals surface area contributed by atoms with Crippen molar-refractivity contribution in [2.75, 3.05) is 5.32 Å². The Morgan fingerprint density at radius 3 is 2.96 bits per heavy atom. The van der Waals surface area contributed by atoms with Crippen LogP contribution in [0.4, 0.5) is 5.82 Å². The molecule has 1 atom stereocenters. The normalized spacial score (nSPS) is 15.7. The van der Waals surface area contributed by atoms with Crippen LogP contribution in [-0.4, -0.2) is 19.5 Å². The monoisotopic (exact) mass is 397 g/mol. The van der Waals surface area contributed by atoms with Gasteiger partial charge in [0.05, 0.1) is 22.6 Å². The van der Waals surface area contributed by atoms with Crippen molar-refractivity contribution in [3.05, 3.63) is 58.6 Å². The maximum atomic E-state index is 5.44. The molecule has 0 spiro atoms. The average Bonchev–Trinajstić information content (AvgIpc) is 3.20. The van der Waals surface area contributed by atoms with Crippen LogP contribution >= 0.6 is 24.6 Å². The van der Waals surface area contributed by atoms with Crippen LogP contribution in [0.1, 0.15) is 30.5 Å². The molecule has 2 heterocycles. The first-order chi connectivity index (χ1) is 12.7. The number of imidazole rings is 1. The highest BCUT2D eigenvalue weighted by atomic mass is 35.5. The van der Waals surface area contributed by atoms with Gasteiger partial charge in [0.2, 0.25) is 0 Å². The van der Waals surface area contributed by atoms with Crippen LogP contribution in [0.15, 0.2) is 42.7 Å². The van der Waals surface area contributed by atoms with Gasteiger partial charge in [-0.05, 0) is 55.2 Å². The minimum Gasteiger partial charge on any atom is -0.363 e. The molecule has 1 aliphatic rings. The van der Waals surface area contributed by atoms with E-state index in [0.29, 0.717) is 6.04 Å². The SMILES string of the molecule is CCn1c(=S)[nH]c2cc3c(NC4CCc5ccccc54)ncnc3cc21.Cl. The number of aryl methyl sites for hydroxylation is 2. The van der Waals surface area contributed by atoms with Gasteiger partial charge in [-0.3, -0.25) is 0 Å². The quantitative estimate of drug-likeness (QED) is 0.467. The van der Waals surface area contributed by atoms with Gasteiger partial charge in [-0.15, -0.1) is 12.4 Å². The Hall–Kier alpha value is -2.44. The summed E-state index contributed by atoms with van der Waals surface area (Å²) in [7, 11) is 0. The van der Waals surface area contributed by atoms with E-state index in [4.69, 9.17) is 12.2 Å². The number of anilines is 1. The highest BCUT2D eigenvalue weighted by molar-refractivity contribution is 7.71. The number of hydrogen-bond donors (Lipinski definition) is 2. The number of halogens is 1. The van der Waals surface area contributed by atoms with Crippen molar-refractivity contribution in [1.82, 2.24) is 19.5 Å². The van der Waals surface area contributed by atoms with E-state index in [1.54, 1.807) is 6.33 Å². The Morgan fingerprint density at radius 1 is 1.26 bits per heavy atom. The van der Waals surface area contributed by atoms with Gasteiger partial charge in [-0.1, -0.05) is 24.3 Å². The molecule has 4 aromatic rings. The summed E-state index contributed by atoms with van der Waals surface area (Å²) < 4.78 is 2.83. The number of rotatable bonds is 3. The third-order valence-electron chi connectivity index (χ3n) is 5.29. The number of aromatic amines is 1. The summed E-state index contributed by atoms with van der Waals surface area (Å²) in [4.78, 5) is 12.3. The lowest BCUT2D eigenvalue weighted by atomic mass is 10.1. The minimum atomic E-state index is 0. The van der Waals surface area contributed by atoms with Gasteiger partial charge < -0.3 is 14.9 Å². The van der Waals surface area contributed by atoms with E-state index in [1.165, 1.54) is 11.1 Å². The fourth-order valence-electron chi connectivity index (χ4n) is 4.01. The Balaban J connectivity index is 0.00000180. The molecule has 0 saturated heterocycles. The number of fused-ring (bicyclic) bond motifs is 3. The molecule has 1 aliphatic carbocycles. The Morgan fingerprint density at radius 2 is 2.11 bits per heavy atom. The summed E-state index contributed by atoms with van der Waals surface area (Å²) >= 11 is 5.44. The summed E-state index contributed by atoms with van der Waals surface area (Å²) in [5.74, 6) is 0.877. The lowest BCUT2D eigenvalue weighted by molar-refractivity contribution is 0.758. The Kier molecular flexibility index (Phi) is 4.61. The van der Waals surface area contributed by atoms with Gasteiger partial charge in [-0.25, -0.2) is 9.97 Å². The van der Waals surface area contributed by atoms with Crippen LogP contribution in [0, 0.1) is 4.77 Å². The average molecular weight is 398 g/mol. The van der Waals surface area contributed by atoms with E-state index < -0.39 is 0 Å². The predicted molar refractivity (Wildman–Crippen MR) is 114 cm³/mol. The molecular weight excluding hydrogens is 378 g/mol. The number of hydrogen-bond acceptors (Lipinski definition) is 4. The molecule has 0 radical (unpaired) electrons. The molecule has 5 rings (SSSR count). The minimum absolute atomic E-state index is 0. The van der Waals surface area contributed by atoms with Gasteiger partial charge in [0.15, 0.2) is 4.77 Å². The summed E-state index contributed by atoms with van der Waals surface area (Å²) in [6, 6.07) is 13.1. The molecule has 1 unspecified atom stereocenters. The second-order valence-electron chi connectivity index (χ2n) is 6.72. The van der Waals surface area contributed by atoms with Crippen LogP contribution in [0.3, 0.4) is 0 Å². The molecule has 2 aromatic heterocycles. The summed E-state index contributed by atoms with van der Waals surface area (Å²) in [5, 5.41) is 4.66. The summed E-state index contributed by atoms with van der Waals surface area (Å²) in [6.07, 6.45) is 3.82. The van der Waals surface area contributed by atoms with Crippen LogP contribution in [0.5, 0.6) is 0 Å². The van der Waals surface area contributed by atoms with Crippen molar-refractivity contribution in [1.29, 1.82) is 0 Å².